The molecule has 0 N–H and O–H groups in total. The molecule has 4 rings (SSSR count). The van der Waals surface area contributed by atoms with Gasteiger partial charge in [-0.05, 0) is 36.3 Å². The lowest BCUT2D eigenvalue weighted by atomic mass is 10.0. The van der Waals surface area contributed by atoms with E-state index < -0.39 is 7.60 Å². The van der Waals surface area contributed by atoms with Crippen LogP contribution in [0.4, 0.5) is 0 Å². The second kappa shape index (κ2) is 8.82. The van der Waals surface area contributed by atoms with Crippen molar-refractivity contribution in [2.75, 3.05) is 20.8 Å². The summed E-state index contributed by atoms with van der Waals surface area (Å²) in [4.78, 5) is 6.76. The smallest absolute Gasteiger partial charge is 0.377 e. The number of rotatable bonds is 7. The third kappa shape index (κ3) is 3.86. The molecular weight excluding hydrogens is 419 g/mol. The van der Waals surface area contributed by atoms with Gasteiger partial charge in [-0.15, -0.1) is 0 Å². The Morgan fingerprint density at radius 2 is 1.77 bits per heavy atom. The fourth-order valence-corrected chi connectivity index (χ4v) is 5.97. The summed E-state index contributed by atoms with van der Waals surface area (Å²) in [6, 6.07) is 17.7. The number of thioether (sulfide) groups is 1. The van der Waals surface area contributed by atoms with E-state index in [1.807, 2.05) is 66.4 Å². The summed E-state index contributed by atoms with van der Waals surface area (Å²) in [5, 5.41) is 2.54. The Bertz CT molecular complexity index is 1040. The molecule has 0 fully saturated rings. The summed E-state index contributed by atoms with van der Waals surface area (Å²) in [5.41, 5.74) is 3.40. The van der Waals surface area contributed by atoms with Crippen LogP contribution in [0.5, 0.6) is 5.75 Å². The van der Waals surface area contributed by atoms with Gasteiger partial charge in [-0.1, -0.05) is 54.2 Å². The third-order valence-corrected chi connectivity index (χ3v) is 7.78. The average Bonchev–Trinajstić information content (AvgIpc) is 3.24. The molecule has 6 nitrogen and oxygen atoms in total. The maximum Gasteiger partial charge on any atom is 0.377 e. The summed E-state index contributed by atoms with van der Waals surface area (Å²) in [6.45, 7) is 2.57. The van der Waals surface area contributed by atoms with Crippen LogP contribution < -0.4 is 4.74 Å². The number of benzene rings is 2. The predicted molar refractivity (Wildman–Crippen MR) is 121 cm³/mol. The molecule has 1 unspecified atom stereocenters. The van der Waals surface area contributed by atoms with Crippen LogP contribution in [0.3, 0.4) is 0 Å². The van der Waals surface area contributed by atoms with Crippen molar-refractivity contribution in [2.45, 2.75) is 13.0 Å². The van der Waals surface area contributed by atoms with Crippen molar-refractivity contribution in [3.63, 3.8) is 0 Å². The van der Waals surface area contributed by atoms with Gasteiger partial charge in [0.05, 0.1) is 18.3 Å². The van der Waals surface area contributed by atoms with Gasteiger partial charge in [-0.2, -0.15) is 0 Å². The van der Waals surface area contributed by atoms with E-state index in [0.29, 0.717) is 12.0 Å². The number of ether oxygens (including phenoxy) is 1. The van der Waals surface area contributed by atoms with E-state index in [4.69, 9.17) is 18.8 Å². The van der Waals surface area contributed by atoms with Crippen molar-refractivity contribution in [3.8, 4) is 5.75 Å². The molecule has 0 amide bonds. The molecule has 2 aromatic rings. The normalized spacial score (nSPS) is 18.4. The molecule has 2 heterocycles. The Hall–Kier alpha value is -2.31. The Labute approximate surface area is 180 Å². The molecule has 2 aliphatic rings. The fraction of sp³-hybridized carbons (Fsp3) is 0.227. The van der Waals surface area contributed by atoms with Crippen LogP contribution >= 0.6 is 19.4 Å². The zero-order valence-corrected chi connectivity index (χ0v) is 18.7. The van der Waals surface area contributed by atoms with E-state index in [1.54, 1.807) is 5.41 Å². The van der Waals surface area contributed by atoms with E-state index in [2.05, 4.69) is 6.08 Å². The summed E-state index contributed by atoms with van der Waals surface area (Å²) >= 11 is 1.42. The van der Waals surface area contributed by atoms with Crippen LogP contribution in [0.15, 0.2) is 76.5 Å². The topological polar surface area (TPSA) is 60.4 Å². The molecule has 0 saturated carbocycles. The summed E-state index contributed by atoms with van der Waals surface area (Å²) in [6.07, 6.45) is 2.07. The van der Waals surface area contributed by atoms with Crippen LogP contribution in [-0.2, 0) is 13.6 Å². The van der Waals surface area contributed by atoms with Gasteiger partial charge < -0.3 is 18.7 Å². The van der Waals surface area contributed by atoms with Crippen LogP contribution in [0, 0.1) is 0 Å². The van der Waals surface area contributed by atoms with Crippen molar-refractivity contribution >= 4 is 30.2 Å². The van der Waals surface area contributed by atoms with E-state index >= 15 is 0 Å². The molecule has 2 aliphatic heterocycles. The number of aliphatic imine (C=N–C) groups is 1. The maximum atomic E-state index is 13.2. The minimum atomic E-state index is -3.46. The Morgan fingerprint density at radius 3 is 2.40 bits per heavy atom. The second-order valence-corrected chi connectivity index (χ2v) is 9.61. The summed E-state index contributed by atoms with van der Waals surface area (Å²) in [5.74, 6) is 0.809. The SMILES string of the molecule is CCOc1ccc(C2C=C(c3ccccc3)N=C3SC=C(P(=O)(OC)OC)N32)cc1. The first-order chi connectivity index (χ1) is 14.6. The van der Waals surface area contributed by atoms with Gasteiger partial charge in [-0.25, -0.2) is 4.99 Å². The minimum absolute atomic E-state index is 0.219. The molecule has 8 heteroatoms. The van der Waals surface area contributed by atoms with E-state index in [-0.39, 0.29) is 6.04 Å². The lowest BCUT2D eigenvalue weighted by Crippen LogP contribution is -2.31. The highest BCUT2D eigenvalue weighted by Crippen LogP contribution is 2.61. The van der Waals surface area contributed by atoms with Gasteiger partial charge in [-0.3, -0.25) is 4.57 Å². The van der Waals surface area contributed by atoms with Crippen LogP contribution in [0.2, 0.25) is 0 Å². The van der Waals surface area contributed by atoms with Gasteiger partial charge in [0.25, 0.3) is 0 Å². The Kier molecular flexibility index (Phi) is 6.16. The van der Waals surface area contributed by atoms with Gasteiger partial charge >= 0.3 is 7.60 Å². The lowest BCUT2D eigenvalue weighted by Gasteiger charge is -2.34. The van der Waals surface area contributed by atoms with Gasteiger partial charge in [0.2, 0.25) is 0 Å². The van der Waals surface area contributed by atoms with Crippen molar-refractivity contribution in [1.82, 2.24) is 4.90 Å². The van der Waals surface area contributed by atoms with E-state index in [1.165, 1.54) is 26.0 Å². The molecular formula is C22H23N2O4PS. The van der Waals surface area contributed by atoms with Crippen LogP contribution in [-0.4, -0.2) is 30.9 Å². The standard InChI is InChI=1S/C22H23N2O4PS/c1-4-28-18-12-10-17(11-13-18)20-14-19(16-8-6-5-7-9-16)23-22-24(20)21(15-30-22)29(25,26-2)27-3/h5-15,20H,4H2,1-3H3. The monoisotopic (exact) mass is 442 g/mol. The van der Waals surface area contributed by atoms with Crippen LogP contribution in [0.25, 0.3) is 5.70 Å². The lowest BCUT2D eigenvalue weighted by molar-refractivity contribution is 0.272. The molecule has 2 aromatic carbocycles. The Morgan fingerprint density at radius 1 is 1.07 bits per heavy atom. The first kappa shape index (κ1) is 20.9. The third-order valence-electron chi connectivity index (χ3n) is 4.90. The van der Waals surface area contributed by atoms with Crippen molar-refractivity contribution in [3.05, 3.63) is 82.6 Å². The van der Waals surface area contributed by atoms with Crippen molar-refractivity contribution < 1.29 is 18.3 Å². The van der Waals surface area contributed by atoms with Crippen molar-refractivity contribution in [2.24, 2.45) is 4.99 Å². The quantitative estimate of drug-likeness (QED) is 0.500. The number of fused-ring (bicyclic) bond motifs is 1. The number of hydrogen-bond donors (Lipinski definition) is 0. The molecule has 30 heavy (non-hydrogen) atoms. The Balaban J connectivity index is 1.79. The highest BCUT2D eigenvalue weighted by atomic mass is 32.2. The molecule has 0 aromatic heterocycles. The van der Waals surface area contributed by atoms with Gasteiger partial charge in [0, 0.05) is 19.6 Å². The molecule has 1 atom stereocenters. The molecule has 0 radical (unpaired) electrons. The highest BCUT2D eigenvalue weighted by molar-refractivity contribution is 8.16. The maximum absolute atomic E-state index is 13.2. The van der Waals surface area contributed by atoms with E-state index in [0.717, 1.165) is 27.7 Å². The minimum Gasteiger partial charge on any atom is -0.494 e. The van der Waals surface area contributed by atoms with E-state index in [9.17, 15) is 4.57 Å². The summed E-state index contributed by atoms with van der Waals surface area (Å²) in [7, 11) is -0.667. The summed E-state index contributed by atoms with van der Waals surface area (Å²) < 4.78 is 29.4. The first-order valence-corrected chi connectivity index (χ1v) is 12.0. The first-order valence-electron chi connectivity index (χ1n) is 9.56. The molecule has 0 spiro atoms. The number of nitrogens with zero attached hydrogens (tertiary/aromatic N) is 2. The fourth-order valence-electron chi connectivity index (χ4n) is 3.42. The average molecular weight is 442 g/mol. The number of hydrogen-bond acceptors (Lipinski definition) is 7. The van der Waals surface area contributed by atoms with Gasteiger partial charge in [0.1, 0.15) is 11.2 Å². The predicted octanol–water partition coefficient (Wildman–Crippen LogP) is 5.87. The molecule has 156 valence electrons. The largest absolute Gasteiger partial charge is 0.494 e. The zero-order valence-electron chi connectivity index (χ0n) is 17.0. The molecule has 0 bridgehead atoms. The zero-order chi connectivity index (χ0) is 21.1. The number of amidine groups is 1. The highest BCUT2D eigenvalue weighted by Gasteiger charge is 2.43. The molecule has 0 aliphatic carbocycles. The van der Waals surface area contributed by atoms with Crippen LogP contribution in [0.1, 0.15) is 24.1 Å². The van der Waals surface area contributed by atoms with Gasteiger partial charge in [0.15, 0.2) is 5.17 Å². The second-order valence-electron chi connectivity index (χ2n) is 6.59. The van der Waals surface area contributed by atoms with Crippen molar-refractivity contribution in [1.29, 1.82) is 0 Å². The molecule has 0 saturated heterocycles.